The molecule has 5 heteroatoms. The van der Waals surface area contributed by atoms with Crippen LogP contribution in [0.1, 0.15) is 24.5 Å². The molecule has 24 heavy (non-hydrogen) atoms. The Bertz CT molecular complexity index is 767. The van der Waals surface area contributed by atoms with Crippen LogP contribution in [0, 0.1) is 5.41 Å². The van der Waals surface area contributed by atoms with E-state index in [1.165, 1.54) is 0 Å². The van der Waals surface area contributed by atoms with Gasteiger partial charge in [0.2, 0.25) is 5.91 Å². The molecular weight excluding hydrogens is 302 g/mol. The number of hydrogen-bond donors (Lipinski definition) is 3. The number of carbonyl (C=O) groups is 1. The van der Waals surface area contributed by atoms with E-state index < -0.39 is 0 Å². The van der Waals surface area contributed by atoms with E-state index in [1.54, 1.807) is 25.1 Å². The predicted octanol–water partition coefficient (Wildman–Crippen LogP) is 2.95. The first-order valence-corrected chi connectivity index (χ1v) is 7.88. The fourth-order valence-electron chi connectivity index (χ4n) is 2.98. The lowest BCUT2D eigenvalue weighted by atomic mass is 9.75. The summed E-state index contributed by atoms with van der Waals surface area (Å²) in [5.41, 5.74) is 8.93. The van der Waals surface area contributed by atoms with E-state index in [2.05, 4.69) is 5.32 Å². The van der Waals surface area contributed by atoms with Crippen LogP contribution in [-0.2, 0) is 14.9 Å². The maximum atomic E-state index is 12.5. The first-order valence-electron chi connectivity index (χ1n) is 7.88. The summed E-state index contributed by atoms with van der Waals surface area (Å²) in [6.45, 7) is 2.78. The van der Waals surface area contributed by atoms with Gasteiger partial charge in [0.1, 0.15) is 0 Å². The van der Waals surface area contributed by atoms with Crippen molar-refractivity contribution in [2.24, 2.45) is 0 Å². The molecule has 2 aromatic rings. The van der Waals surface area contributed by atoms with E-state index >= 15 is 0 Å². The number of nitrogens with two attached hydrogens (primary N) is 1. The number of rotatable bonds is 5. The van der Waals surface area contributed by atoms with Crippen LogP contribution in [0.25, 0.3) is 0 Å². The first kappa shape index (κ1) is 16.2. The van der Waals surface area contributed by atoms with Crippen molar-refractivity contribution in [2.45, 2.75) is 18.8 Å². The fourth-order valence-corrected chi connectivity index (χ4v) is 2.98. The molecule has 4 N–H and O–H groups in total. The van der Waals surface area contributed by atoms with Gasteiger partial charge in [-0.3, -0.25) is 4.79 Å². The van der Waals surface area contributed by atoms with Crippen LogP contribution in [-0.4, -0.2) is 24.8 Å². The molecule has 1 aliphatic rings. The van der Waals surface area contributed by atoms with E-state index in [0.29, 0.717) is 42.3 Å². The van der Waals surface area contributed by atoms with Gasteiger partial charge >= 0.3 is 0 Å². The zero-order chi connectivity index (χ0) is 17.2. The van der Waals surface area contributed by atoms with Gasteiger partial charge in [-0.1, -0.05) is 30.3 Å². The largest absolute Gasteiger partial charge is 0.398 e. The highest BCUT2D eigenvalue weighted by Crippen LogP contribution is 2.36. The molecule has 0 aromatic heterocycles. The average molecular weight is 323 g/mol. The van der Waals surface area contributed by atoms with Gasteiger partial charge in [-0.05, 0) is 30.7 Å². The third kappa shape index (κ3) is 3.16. The second-order valence-corrected chi connectivity index (χ2v) is 6.29. The molecule has 1 amide bonds. The molecule has 0 bridgehead atoms. The minimum absolute atomic E-state index is 0.0690. The van der Waals surface area contributed by atoms with E-state index in [4.69, 9.17) is 15.9 Å². The lowest BCUT2D eigenvalue weighted by molar-refractivity contribution is -0.124. The van der Waals surface area contributed by atoms with Crippen molar-refractivity contribution in [1.82, 2.24) is 0 Å². The molecule has 1 saturated heterocycles. The Morgan fingerprint density at radius 1 is 1.25 bits per heavy atom. The zero-order valence-electron chi connectivity index (χ0n) is 13.6. The summed E-state index contributed by atoms with van der Waals surface area (Å²) in [5, 5.41) is 10.7. The molecule has 124 valence electrons. The standard InChI is InChI=1S/C19H21N3O2/c1-13(20)16-9-15(7-8-17(16)21)22-18(23)10-19(11-24-12-19)14-5-3-2-4-6-14/h2-9,20H,10-12,21H2,1H3,(H,22,23). The molecule has 0 spiro atoms. The molecule has 1 aliphatic heterocycles. The SMILES string of the molecule is CC(=N)c1cc(NC(=O)CC2(c3ccccc3)COC2)ccc1N. The van der Waals surface area contributed by atoms with Gasteiger partial charge < -0.3 is 21.2 Å². The molecule has 1 fully saturated rings. The summed E-state index contributed by atoms with van der Waals surface area (Å²) in [5.74, 6) is -0.0690. The first-order chi connectivity index (χ1) is 11.5. The van der Waals surface area contributed by atoms with Gasteiger partial charge in [0.05, 0.1) is 18.6 Å². The number of amides is 1. The van der Waals surface area contributed by atoms with E-state index in [9.17, 15) is 4.79 Å². The molecule has 0 saturated carbocycles. The number of ether oxygens (including phenoxy) is 1. The molecule has 2 aromatic carbocycles. The van der Waals surface area contributed by atoms with Gasteiger partial charge in [0.25, 0.3) is 0 Å². The van der Waals surface area contributed by atoms with Gasteiger partial charge in [0, 0.05) is 29.1 Å². The molecule has 1 heterocycles. The number of benzene rings is 2. The zero-order valence-corrected chi connectivity index (χ0v) is 13.6. The summed E-state index contributed by atoms with van der Waals surface area (Å²) >= 11 is 0. The van der Waals surface area contributed by atoms with E-state index in [0.717, 1.165) is 5.56 Å². The minimum Gasteiger partial charge on any atom is -0.398 e. The number of hydrogen-bond acceptors (Lipinski definition) is 4. The fraction of sp³-hybridized carbons (Fsp3) is 0.263. The second-order valence-electron chi connectivity index (χ2n) is 6.29. The van der Waals surface area contributed by atoms with Gasteiger partial charge in [-0.25, -0.2) is 0 Å². The highest BCUT2D eigenvalue weighted by molar-refractivity contribution is 6.02. The number of nitrogens with one attached hydrogen (secondary N) is 2. The van der Waals surface area contributed by atoms with Crippen LogP contribution >= 0.6 is 0 Å². The molecular formula is C19H21N3O2. The van der Waals surface area contributed by atoms with Crippen LogP contribution in [0.3, 0.4) is 0 Å². The Hall–Kier alpha value is -2.66. The van der Waals surface area contributed by atoms with Crippen molar-refractivity contribution in [3.63, 3.8) is 0 Å². The third-order valence-electron chi connectivity index (χ3n) is 4.38. The van der Waals surface area contributed by atoms with Crippen molar-refractivity contribution in [3.05, 3.63) is 59.7 Å². The summed E-state index contributed by atoms with van der Waals surface area (Å²) in [4.78, 5) is 12.5. The molecule has 0 radical (unpaired) electrons. The Morgan fingerprint density at radius 3 is 2.54 bits per heavy atom. The number of anilines is 2. The molecule has 0 unspecified atom stereocenters. The summed E-state index contributed by atoms with van der Waals surface area (Å²) in [6.07, 6.45) is 0.361. The molecule has 3 rings (SSSR count). The normalized spacial score (nSPS) is 15.4. The van der Waals surface area contributed by atoms with Gasteiger partial charge in [-0.2, -0.15) is 0 Å². The molecule has 0 aliphatic carbocycles. The lowest BCUT2D eigenvalue weighted by Crippen LogP contribution is -2.49. The van der Waals surface area contributed by atoms with Gasteiger partial charge in [-0.15, -0.1) is 0 Å². The Kier molecular flexibility index (Phi) is 4.36. The van der Waals surface area contributed by atoms with Gasteiger partial charge in [0.15, 0.2) is 0 Å². The van der Waals surface area contributed by atoms with Crippen LogP contribution in [0.4, 0.5) is 11.4 Å². The topological polar surface area (TPSA) is 88.2 Å². The number of nitrogen functional groups attached to an aromatic ring is 1. The van der Waals surface area contributed by atoms with Crippen LogP contribution in [0.5, 0.6) is 0 Å². The third-order valence-corrected chi connectivity index (χ3v) is 4.38. The monoisotopic (exact) mass is 323 g/mol. The maximum absolute atomic E-state index is 12.5. The highest BCUT2D eigenvalue weighted by Gasteiger charge is 2.42. The Morgan fingerprint density at radius 2 is 1.96 bits per heavy atom. The van der Waals surface area contributed by atoms with Crippen molar-refractivity contribution >= 4 is 23.0 Å². The van der Waals surface area contributed by atoms with Crippen LogP contribution in [0.2, 0.25) is 0 Å². The maximum Gasteiger partial charge on any atom is 0.225 e. The van der Waals surface area contributed by atoms with Crippen LogP contribution in [0.15, 0.2) is 48.5 Å². The second kappa shape index (κ2) is 6.45. The predicted molar refractivity (Wildman–Crippen MR) is 95.5 cm³/mol. The summed E-state index contributed by atoms with van der Waals surface area (Å²) < 4.78 is 5.39. The lowest BCUT2D eigenvalue weighted by Gasteiger charge is -2.41. The van der Waals surface area contributed by atoms with E-state index in [-0.39, 0.29) is 11.3 Å². The minimum atomic E-state index is -0.251. The number of carbonyl (C=O) groups excluding carboxylic acids is 1. The Labute approximate surface area is 141 Å². The van der Waals surface area contributed by atoms with Crippen molar-refractivity contribution in [3.8, 4) is 0 Å². The quantitative estimate of drug-likeness (QED) is 0.584. The van der Waals surface area contributed by atoms with Crippen molar-refractivity contribution in [1.29, 1.82) is 5.41 Å². The van der Waals surface area contributed by atoms with E-state index in [1.807, 2.05) is 30.3 Å². The molecule has 0 atom stereocenters. The smallest absolute Gasteiger partial charge is 0.225 e. The highest BCUT2D eigenvalue weighted by atomic mass is 16.5. The average Bonchev–Trinajstić information content (AvgIpc) is 2.53. The Balaban J connectivity index is 1.74. The summed E-state index contributed by atoms with van der Waals surface area (Å²) in [6, 6.07) is 15.2. The summed E-state index contributed by atoms with van der Waals surface area (Å²) in [7, 11) is 0. The molecule has 5 nitrogen and oxygen atoms in total. The van der Waals surface area contributed by atoms with Crippen LogP contribution < -0.4 is 11.1 Å². The van der Waals surface area contributed by atoms with Crippen molar-refractivity contribution < 1.29 is 9.53 Å². The van der Waals surface area contributed by atoms with Crippen molar-refractivity contribution in [2.75, 3.05) is 24.3 Å².